The van der Waals surface area contributed by atoms with Crippen LogP contribution in [0.1, 0.15) is 53.4 Å². The minimum atomic E-state index is 0.149. The highest BCUT2D eigenvalue weighted by Gasteiger charge is 2.14. The van der Waals surface area contributed by atoms with Crippen molar-refractivity contribution >= 4 is 23.2 Å². The van der Waals surface area contributed by atoms with Gasteiger partial charge in [0.25, 0.3) is 0 Å². The fraction of sp³-hybridized carbons (Fsp3) is 0.417. The number of benzene rings is 2. The number of carbonyl (C=O) groups excluding carboxylic acids is 2. The first-order chi connectivity index (χ1) is 13.5. The van der Waals surface area contributed by atoms with E-state index in [2.05, 4.69) is 38.1 Å². The third-order valence-corrected chi connectivity index (χ3v) is 4.79. The van der Waals surface area contributed by atoms with E-state index in [0.717, 1.165) is 48.4 Å². The molecule has 0 heterocycles. The van der Waals surface area contributed by atoms with Crippen LogP contribution >= 0.6 is 0 Å². The first-order valence-corrected chi connectivity index (χ1v) is 10.4. The van der Waals surface area contributed by atoms with E-state index in [1.807, 2.05) is 47.9 Å². The van der Waals surface area contributed by atoms with Gasteiger partial charge in [-0.25, -0.2) is 0 Å². The zero-order chi connectivity index (χ0) is 20.5. The summed E-state index contributed by atoms with van der Waals surface area (Å²) in [7, 11) is 0. The summed E-state index contributed by atoms with van der Waals surface area (Å²) in [4.78, 5) is 28.1. The molecule has 0 saturated carbocycles. The van der Waals surface area contributed by atoms with Gasteiger partial charge in [0.05, 0.1) is 0 Å². The van der Waals surface area contributed by atoms with E-state index in [9.17, 15) is 9.59 Å². The third-order valence-electron chi connectivity index (χ3n) is 4.79. The fourth-order valence-corrected chi connectivity index (χ4v) is 3.29. The van der Waals surface area contributed by atoms with Gasteiger partial charge in [0.15, 0.2) is 0 Å². The number of anilines is 2. The highest BCUT2D eigenvalue weighted by atomic mass is 16.2. The summed E-state index contributed by atoms with van der Waals surface area (Å²) in [5.74, 6) is 0.297. The second-order valence-corrected chi connectivity index (χ2v) is 6.89. The summed E-state index contributed by atoms with van der Waals surface area (Å²) in [6.07, 6.45) is 2.88. The Balaban J connectivity index is 2.21. The van der Waals surface area contributed by atoms with Gasteiger partial charge >= 0.3 is 0 Å². The van der Waals surface area contributed by atoms with E-state index in [1.165, 1.54) is 0 Å². The maximum atomic E-state index is 12.2. The number of carbonyl (C=O) groups is 2. The summed E-state index contributed by atoms with van der Waals surface area (Å²) < 4.78 is 0. The van der Waals surface area contributed by atoms with Crippen molar-refractivity contribution in [3.8, 4) is 11.1 Å². The molecule has 0 spiro atoms. The average molecular weight is 381 g/mol. The van der Waals surface area contributed by atoms with E-state index < -0.39 is 0 Å². The lowest BCUT2D eigenvalue weighted by molar-refractivity contribution is -0.119. The van der Waals surface area contributed by atoms with Crippen LogP contribution in [0.5, 0.6) is 0 Å². The maximum Gasteiger partial charge on any atom is 0.226 e. The second kappa shape index (κ2) is 10.6. The van der Waals surface area contributed by atoms with Crippen molar-refractivity contribution in [1.82, 2.24) is 0 Å². The molecule has 2 amide bonds. The average Bonchev–Trinajstić information content (AvgIpc) is 2.75. The molecule has 0 unspecified atom stereocenters. The van der Waals surface area contributed by atoms with E-state index in [4.69, 9.17) is 0 Å². The lowest BCUT2D eigenvalue weighted by atomic mass is 10.0. The maximum absolute atomic E-state index is 12.2. The molecule has 0 saturated heterocycles. The summed E-state index contributed by atoms with van der Waals surface area (Å²) in [5.41, 5.74) is 4.08. The molecule has 0 aromatic heterocycles. The molecule has 0 N–H and O–H groups in total. The standard InChI is InChI=1S/C24H32N2O2/c1-5-17-25(23(27)7-3)21-13-9-19(10-14-21)20-11-15-22(16-12-20)26(18-6-2)24(28)8-4/h9-16H,5-8,17-18H2,1-4H3. The number of amides is 2. The van der Waals surface area contributed by atoms with Gasteiger partial charge < -0.3 is 9.80 Å². The second-order valence-electron chi connectivity index (χ2n) is 6.89. The largest absolute Gasteiger partial charge is 0.312 e. The summed E-state index contributed by atoms with van der Waals surface area (Å²) >= 11 is 0. The molecule has 0 atom stereocenters. The lowest BCUT2D eigenvalue weighted by Crippen LogP contribution is -2.30. The summed E-state index contributed by atoms with van der Waals surface area (Å²) in [5, 5.41) is 0. The van der Waals surface area contributed by atoms with Crippen LogP contribution in [-0.2, 0) is 9.59 Å². The molecular weight excluding hydrogens is 348 g/mol. The molecule has 4 heteroatoms. The van der Waals surface area contributed by atoms with E-state index in [0.29, 0.717) is 12.8 Å². The number of rotatable bonds is 9. The fourth-order valence-electron chi connectivity index (χ4n) is 3.29. The first-order valence-electron chi connectivity index (χ1n) is 10.4. The van der Waals surface area contributed by atoms with Gasteiger partial charge in [0, 0.05) is 37.3 Å². The molecule has 2 aromatic carbocycles. The summed E-state index contributed by atoms with van der Waals surface area (Å²) in [6, 6.07) is 16.3. The van der Waals surface area contributed by atoms with E-state index >= 15 is 0 Å². The van der Waals surface area contributed by atoms with E-state index in [-0.39, 0.29) is 11.8 Å². The van der Waals surface area contributed by atoms with Crippen molar-refractivity contribution < 1.29 is 9.59 Å². The Morgan fingerprint density at radius 2 is 0.929 bits per heavy atom. The Labute approximate surface area is 169 Å². The van der Waals surface area contributed by atoms with Crippen molar-refractivity contribution in [3.63, 3.8) is 0 Å². The van der Waals surface area contributed by atoms with Gasteiger partial charge in [-0.15, -0.1) is 0 Å². The Hall–Kier alpha value is -2.62. The van der Waals surface area contributed by atoms with Gasteiger partial charge in [-0.05, 0) is 48.2 Å². The van der Waals surface area contributed by atoms with E-state index in [1.54, 1.807) is 0 Å². The molecule has 2 rings (SSSR count). The first kappa shape index (κ1) is 21.7. The predicted octanol–water partition coefficient (Wildman–Crippen LogP) is 5.66. The zero-order valence-electron chi connectivity index (χ0n) is 17.6. The van der Waals surface area contributed by atoms with Crippen LogP contribution in [0.3, 0.4) is 0 Å². The van der Waals surface area contributed by atoms with Gasteiger partial charge in [-0.2, -0.15) is 0 Å². The normalized spacial score (nSPS) is 10.6. The van der Waals surface area contributed by atoms with Gasteiger partial charge in [-0.1, -0.05) is 52.0 Å². The minimum Gasteiger partial charge on any atom is -0.312 e. The molecule has 0 aliphatic heterocycles. The monoisotopic (exact) mass is 380 g/mol. The smallest absolute Gasteiger partial charge is 0.226 e. The Morgan fingerprint density at radius 3 is 1.18 bits per heavy atom. The number of hydrogen-bond acceptors (Lipinski definition) is 2. The van der Waals surface area contributed by atoms with Gasteiger partial charge in [0.2, 0.25) is 11.8 Å². The molecule has 2 aromatic rings. The molecule has 0 bridgehead atoms. The van der Waals surface area contributed by atoms with Crippen LogP contribution < -0.4 is 9.80 Å². The van der Waals surface area contributed by atoms with Gasteiger partial charge in [0.1, 0.15) is 0 Å². The molecule has 0 fully saturated rings. The zero-order valence-corrected chi connectivity index (χ0v) is 17.6. The van der Waals surface area contributed by atoms with Crippen molar-refractivity contribution in [2.24, 2.45) is 0 Å². The van der Waals surface area contributed by atoms with Crippen molar-refractivity contribution in [3.05, 3.63) is 48.5 Å². The summed E-state index contributed by atoms with van der Waals surface area (Å²) in [6.45, 7) is 9.42. The highest BCUT2D eigenvalue weighted by molar-refractivity contribution is 5.94. The van der Waals surface area contributed by atoms with Crippen LogP contribution in [0.4, 0.5) is 11.4 Å². The van der Waals surface area contributed by atoms with Crippen molar-refractivity contribution in [1.29, 1.82) is 0 Å². The molecule has 4 nitrogen and oxygen atoms in total. The highest BCUT2D eigenvalue weighted by Crippen LogP contribution is 2.26. The Kier molecular flexibility index (Phi) is 8.24. The van der Waals surface area contributed by atoms with Crippen LogP contribution in [0.25, 0.3) is 11.1 Å². The van der Waals surface area contributed by atoms with Crippen LogP contribution in [0.15, 0.2) is 48.5 Å². The number of nitrogens with zero attached hydrogens (tertiary/aromatic N) is 2. The Morgan fingerprint density at radius 1 is 0.607 bits per heavy atom. The van der Waals surface area contributed by atoms with Crippen LogP contribution in [-0.4, -0.2) is 24.9 Å². The Bertz CT molecular complexity index is 699. The molecule has 0 radical (unpaired) electrons. The van der Waals surface area contributed by atoms with Crippen LogP contribution in [0.2, 0.25) is 0 Å². The van der Waals surface area contributed by atoms with Gasteiger partial charge in [-0.3, -0.25) is 9.59 Å². The van der Waals surface area contributed by atoms with Crippen molar-refractivity contribution in [2.45, 2.75) is 53.4 Å². The SMILES string of the molecule is CCCN(C(=O)CC)c1ccc(-c2ccc(N(CCC)C(=O)CC)cc2)cc1. The molecule has 28 heavy (non-hydrogen) atoms. The number of hydrogen-bond donors (Lipinski definition) is 0. The molecular formula is C24H32N2O2. The molecule has 0 aliphatic carbocycles. The predicted molar refractivity (Wildman–Crippen MR) is 118 cm³/mol. The molecule has 0 aliphatic rings. The van der Waals surface area contributed by atoms with Crippen LogP contribution in [0, 0.1) is 0 Å². The van der Waals surface area contributed by atoms with Crippen molar-refractivity contribution in [2.75, 3.05) is 22.9 Å². The minimum absolute atomic E-state index is 0.149. The molecule has 150 valence electrons. The quantitative estimate of drug-likeness (QED) is 0.563. The third kappa shape index (κ3) is 5.22. The topological polar surface area (TPSA) is 40.6 Å². The lowest BCUT2D eigenvalue weighted by Gasteiger charge is -2.22.